The number of ether oxygens (including phenoxy) is 1. The molecule has 1 saturated heterocycles. The van der Waals surface area contributed by atoms with Crippen molar-refractivity contribution in [3.05, 3.63) is 66.2 Å². The number of fused-ring (bicyclic) bond motifs is 1. The molecule has 1 fully saturated rings. The van der Waals surface area contributed by atoms with Gasteiger partial charge in [-0.3, -0.25) is 9.59 Å². The van der Waals surface area contributed by atoms with Crippen LogP contribution in [0.3, 0.4) is 0 Å². The quantitative estimate of drug-likeness (QED) is 0.472. The number of nitrogens with one attached hydrogen (secondary N) is 1. The van der Waals surface area contributed by atoms with Gasteiger partial charge in [-0.15, -0.1) is 0 Å². The molecule has 7 nitrogen and oxygen atoms in total. The standard InChI is InChI=1S/C28H34N4O3/c1-3-31(4-2)28(34)21-11-10-17-32(20-21)26-19-24(23-14-8-9-15-25(23)30-26)27(33)29-16-18-35-22-12-6-5-7-13-22/h5-9,12-15,19,21H,3-4,10-11,16-18,20H2,1-2H3,(H,29,33). The third-order valence-electron chi connectivity index (χ3n) is 6.52. The van der Waals surface area contributed by atoms with E-state index in [1.54, 1.807) is 0 Å². The molecule has 1 aliphatic rings. The Bertz CT molecular complexity index is 1150. The molecule has 2 heterocycles. The van der Waals surface area contributed by atoms with E-state index in [9.17, 15) is 9.59 Å². The van der Waals surface area contributed by atoms with E-state index in [4.69, 9.17) is 9.72 Å². The van der Waals surface area contributed by atoms with Gasteiger partial charge in [0.2, 0.25) is 5.91 Å². The van der Waals surface area contributed by atoms with Crippen molar-refractivity contribution in [3.8, 4) is 5.75 Å². The Morgan fingerprint density at radius 1 is 1.09 bits per heavy atom. The monoisotopic (exact) mass is 474 g/mol. The number of piperidine rings is 1. The average molecular weight is 475 g/mol. The molecule has 1 aliphatic heterocycles. The summed E-state index contributed by atoms with van der Waals surface area (Å²) in [5.74, 6) is 1.51. The number of hydrogen-bond donors (Lipinski definition) is 1. The number of aromatic nitrogens is 1. The Labute approximate surface area is 207 Å². The Morgan fingerprint density at radius 3 is 2.60 bits per heavy atom. The Balaban J connectivity index is 1.49. The molecule has 4 rings (SSSR count). The van der Waals surface area contributed by atoms with E-state index < -0.39 is 0 Å². The summed E-state index contributed by atoms with van der Waals surface area (Å²) < 4.78 is 5.70. The normalized spacial score (nSPS) is 15.6. The van der Waals surface area contributed by atoms with Gasteiger partial charge in [0.1, 0.15) is 18.2 Å². The molecule has 184 valence electrons. The van der Waals surface area contributed by atoms with Crippen LogP contribution in [0.2, 0.25) is 0 Å². The average Bonchev–Trinajstić information content (AvgIpc) is 2.91. The lowest BCUT2D eigenvalue weighted by Crippen LogP contribution is -2.45. The van der Waals surface area contributed by atoms with Crippen molar-refractivity contribution in [2.24, 2.45) is 5.92 Å². The molecule has 2 amide bonds. The lowest BCUT2D eigenvalue weighted by Gasteiger charge is -2.35. The highest BCUT2D eigenvalue weighted by Gasteiger charge is 2.29. The highest BCUT2D eigenvalue weighted by atomic mass is 16.5. The number of amides is 2. The molecule has 1 aromatic heterocycles. The Kier molecular flexibility index (Phi) is 8.19. The van der Waals surface area contributed by atoms with Gasteiger partial charge in [-0.05, 0) is 51.0 Å². The lowest BCUT2D eigenvalue weighted by molar-refractivity contribution is -0.135. The minimum Gasteiger partial charge on any atom is -0.492 e. The molecule has 3 aromatic rings. The van der Waals surface area contributed by atoms with Gasteiger partial charge in [-0.2, -0.15) is 0 Å². The van der Waals surface area contributed by atoms with Crippen LogP contribution in [0, 0.1) is 5.92 Å². The number of hydrogen-bond acceptors (Lipinski definition) is 5. The van der Waals surface area contributed by atoms with Crippen molar-refractivity contribution in [1.29, 1.82) is 0 Å². The predicted molar refractivity (Wildman–Crippen MR) is 139 cm³/mol. The van der Waals surface area contributed by atoms with E-state index in [1.165, 1.54) is 0 Å². The van der Waals surface area contributed by atoms with Gasteiger partial charge in [0.05, 0.1) is 23.5 Å². The number of para-hydroxylation sites is 2. The molecule has 0 saturated carbocycles. The van der Waals surface area contributed by atoms with Crippen LogP contribution in [0.25, 0.3) is 10.9 Å². The molecule has 0 radical (unpaired) electrons. The van der Waals surface area contributed by atoms with Crippen molar-refractivity contribution in [3.63, 3.8) is 0 Å². The summed E-state index contributed by atoms with van der Waals surface area (Å²) in [6.07, 6.45) is 1.80. The second-order valence-corrected chi connectivity index (χ2v) is 8.76. The number of rotatable bonds is 9. The number of pyridine rings is 1. The second-order valence-electron chi connectivity index (χ2n) is 8.76. The summed E-state index contributed by atoms with van der Waals surface area (Å²) in [7, 11) is 0. The summed E-state index contributed by atoms with van der Waals surface area (Å²) in [4.78, 5) is 35.1. The number of carbonyl (C=O) groups excluding carboxylic acids is 2. The van der Waals surface area contributed by atoms with E-state index in [1.807, 2.05) is 79.4 Å². The van der Waals surface area contributed by atoms with E-state index in [0.717, 1.165) is 54.9 Å². The first-order chi connectivity index (χ1) is 17.1. The van der Waals surface area contributed by atoms with Gasteiger partial charge < -0.3 is 19.9 Å². The third-order valence-corrected chi connectivity index (χ3v) is 6.52. The minimum atomic E-state index is -0.158. The highest BCUT2D eigenvalue weighted by Crippen LogP contribution is 2.27. The summed E-state index contributed by atoms with van der Waals surface area (Å²) in [5, 5.41) is 3.79. The highest BCUT2D eigenvalue weighted by molar-refractivity contribution is 6.07. The van der Waals surface area contributed by atoms with Gasteiger partial charge in [0.15, 0.2) is 0 Å². The van der Waals surface area contributed by atoms with Crippen LogP contribution in [0.4, 0.5) is 5.82 Å². The maximum Gasteiger partial charge on any atom is 0.252 e. The zero-order valence-corrected chi connectivity index (χ0v) is 20.6. The zero-order chi connectivity index (χ0) is 24.6. The first kappa shape index (κ1) is 24.5. The molecule has 0 aliphatic carbocycles. The van der Waals surface area contributed by atoms with Gasteiger partial charge in [-0.1, -0.05) is 36.4 Å². The molecule has 1 unspecified atom stereocenters. The molecular formula is C28H34N4O3. The molecule has 1 N–H and O–H groups in total. The van der Waals surface area contributed by atoms with Crippen LogP contribution in [0.5, 0.6) is 5.75 Å². The molecular weight excluding hydrogens is 440 g/mol. The van der Waals surface area contributed by atoms with Gasteiger partial charge >= 0.3 is 0 Å². The van der Waals surface area contributed by atoms with Crippen LogP contribution in [-0.4, -0.2) is 61.0 Å². The molecule has 0 bridgehead atoms. The predicted octanol–water partition coefficient (Wildman–Crippen LogP) is 4.13. The number of carbonyl (C=O) groups is 2. The third kappa shape index (κ3) is 5.91. The van der Waals surface area contributed by atoms with E-state index in [2.05, 4.69) is 10.2 Å². The van der Waals surface area contributed by atoms with Crippen LogP contribution in [0.1, 0.15) is 37.0 Å². The first-order valence-electron chi connectivity index (χ1n) is 12.5. The number of anilines is 1. The fourth-order valence-electron chi connectivity index (χ4n) is 4.64. The maximum atomic E-state index is 13.2. The number of nitrogens with zero attached hydrogens (tertiary/aromatic N) is 3. The van der Waals surface area contributed by atoms with Crippen molar-refractivity contribution in [2.75, 3.05) is 44.2 Å². The molecule has 0 spiro atoms. The molecule has 2 aromatic carbocycles. The van der Waals surface area contributed by atoms with E-state index >= 15 is 0 Å². The van der Waals surface area contributed by atoms with Crippen LogP contribution < -0.4 is 15.0 Å². The SMILES string of the molecule is CCN(CC)C(=O)C1CCCN(c2cc(C(=O)NCCOc3ccccc3)c3ccccc3n2)C1. The maximum absolute atomic E-state index is 13.2. The lowest BCUT2D eigenvalue weighted by atomic mass is 9.96. The first-order valence-corrected chi connectivity index (χ1v) is 12.5. The van der Waals surface area contributed by atoms with Crippen LogP contribution >= 0.6 is 0 Å². The smallest absolute Gasteiger partial charge is 0.252 e. The summed E-state index contributed by atoms with van der Waals surface area (Å²) in [6, 6.07) is 19.1. The number of benzene rings is 2. The topological polar surface area (TPSA) is 74.8 Å². The summed E-state index contributed by atoms with van der Waals surface area (Å²) in [6.45, 7) is 7.69. The van der Waals surface area contributed by atoms with E-state index in [-0.39, 0.29) is 17.7 Å². The van der Waals surface area contributed by atoms with E-state index in [0.29, 0.717) is 25.3 Å². The zero-order valence-electron chi connectivity index (χ0n) is 20.6. The largest absolute Gasteiger partial charge is 0.492 e. The summed E-state index contributed by atoms with van der Waals surface area (Å²) >= 11 is 0. The summed E-state index contributed by atoms with van der Waals surface area (Å²) in [5.41, 5.74) is 1.36. The fraction of sp³-hybridized carbons (Fsp3) is 0.393. The van der Waals surface area contributed by atoms with Crippen molar-refractivity contribution in [1.82, 2.24) is 15.2 Å². The Hall–Kier alpha value is -3.61. The van der Waals surface area contributed by atoms with Gasteiger partial charge in [0, 0.05) is 31.6 Å². The van der Waals surface area contributed by atoms with Crippen molar-refractivity contribution >= 4 is 28.5 Å². The molecule has 7 heteroatoms. The minimum absolute atomic E-state index is 0.0515. The molecule has 35 heavy (non-hydrogen) atoms. The second kappa shape index (κ2) is 11.7. The van der Waals surface area contributed by atoms with Crippen LogP contribution in [-0.2, 0) is 4.79 Å². The fourth-order valence-corrected chi connectivity index (χ4v) is 4.64. The molecule has 1 atom stereocenters. The van der Waals surface area contributed by atoms with Crippen molar-refractivity contribution < 1.29 is 14.3 Å². The van der Waals surface area contributed by atoms with Gasteiger partial charge in [0.25, 0.3) is 5.91 Å². The van der Waals surface area contributed by atoms with Gasteiger partial charge in [-0.25, -0.2) is 4.98 Å². The Morgan fingerprint density at radius 2 is 1.83 bits per heavy atom. The van der Waals surface area contributed by atoms with Crippen LogP contribution in [0.15, 0.2) is 60.7 Å². The van der Waals surface area contributed by atoms with Crippen molar-refractivity contribution in [2.45, 2.75) is 26.7 Å².